The minimum atomic E-state index is -0.313. The predicted octanol–water partition coefficient (Wildman–Crippen LogP) is 2.42. The molecule has 0 aliphatic carbocycles. The van der Waals surface area contributed by atoms with Crippen LogP contribution in [0.3, 0.4) is 0 Å². The Labute approximate surface area is 86.0 Å². The van der Waals surface area contributed by atoms with Gasteiger partial charge in [0.05, 0.1) is 11.9 Å². The number of rotatable bonds is 2. The Balaban J connectivity index is 2.41. The van der Waals surface area contributed by atoms with Crippen molar-refractivity contribution in [1.29, 1.82) is 0 Å². The molecule has 0 saturated heterocycles. The van der Waals surface area contributed by atoms with E-state index in [4.69, 9.17) is 0 Å². The summed E-state index contributed by atoms with van der Waals surface area (Å²) in [5.74, 6) is -0.168. The molecule has 3 nitrogen and oxygen atoms in total. The lowest BCUT2D eigenvalue weighted by atomic mass is 10.2. The summed E-state index contributed by atoms with van der Waals surface area (Å²) >= 11 is 0. The zero-order chi connectivity index (χ0) is 10.8. The Morgan fingerprint density at radius 1 is 1.47 bits per heavy atom. The lowest BCUT2D eigenvalue weighted by molar-refractivity contribution is 0.100. The third-order valence-corrected chi connectivity index (χ3v) is 2.04. The van der Waals surface area contributed by atoms with Crippen molar-refractivity contribution >= 4 is 5.78 Å². The number of ketones is 1. The Bertz CT molecular complexity index is 505. The second-order valence-electron chi connectivity index (χ2n) is 3.21. The lowest BCUT2D eigenvalue weighted by Gasteiger charge is -1.96. The van der Waals surface area contributed by atoms with E-state index in [0.29, 0.717) is 11.3 Å². The van der Waals surface area contributed by atoms with Crippen molar-refractivity contribution in [1.82, 2.24) is 9.97 Å². The number of carbonyl (C=O) groups is 1. The first-order valence-corrected chi connectivity index (χ1v) is 4.48. The molecule has 2 aromatic rings. The molecule has 0 atom stereocenters. The van der Waals surface area contributed by atoms with Gasteiger partial charge in [-0.25, -0.2) is 9.37 Å². The smallest absolute Gasteiger partial charge is 0.194 e. The first-order valence-electron chi connectivity index (χ1n) is 4.48. The van der Waals surface area contributed by atoms with Crippen LogP contribution in [-0.4, -0.2) is 15.8 Å². The highest BCUT2D eigenvalue weighted by molar-refractivity contribution is 5.90. The molecule has 1 aromatic carbocycles. The van der Waals surface area contributed by atoms with Gasteiger partial charge in [0.2, 0.25) is 0 Å². The summed E-state index contributed by atoms with van der Waals surface area (Å²) < 4.78 is 12.9. The van der Waals surface area contributed by atoms with Crippen LogP contribution in [0.15, 0.2) is 30.5 Å². The topological polar surface area (TPSA) is 45.8 Å². The van der Waals surface area contributed by atoms with Crippen LogP contribution in [-0.2, 0) is 0 Å². The number of aromatic nitrogens is 2. The molecule has 0 radical (unpaired) electrons. The number of imidazole rings is 1. The van der Waals surface area contributed by atoms with Crippen molar-refractivity contribution in [3.8, 4) is 11.3 Å². The molecule has 0 unspecified atom stereocenters. The summed E-state index contributed by atoms with van der Waals surface area (Å²) in [5.41, 5.74) is 1.31. The van der Waals surface area contributed by atoms with Crippen molar-refractivity contribution < 1.29 is 9.18 Å². The molecule has 0 aliphatic rings. The number of H-pyrrole nitrogens is 1. The fourth-order valence-electron chi connectivity index (χ4n) is 1.30. The monoisotopic (exact) mass is 204 g/mol. The zero-order valence-corrected chi connectivity index (χ0v) is 8.12. The molecule has 0 bridgehead atoms. The van der Waals surface area contributed by atoms with Gasteiger partial charge in [-0.1, -0.05) is 12.1 Å². The minimum absolute atomic E-state index is 0.141. The molecule has 0 amide bonds. The van der Waals surface area contributed by atoms with E-state index in [1.807, 2.05) is 0 Å². The molecule has 4 heteroatoms. The fourth-order valence-corrected chi connectivity index (χ4v) is 1.30. The molecule has 0 fully saturated rings. The second kappa shape index (κ2) is 3.65. The first-order chi connectivity index (χ1) is 7.16. The van der Waals surface area contributed by atoms with Crippen LogP contribution in [0, 0.1) is 5.82 Å². The van der Waals surface area contributed by atoms with E-state index in [-0.39, 0.29) is 17.4 Å². The number of aromatic amines is 1. The van der Waals surface area contributed by atoms with Gasteiger partial charge in [-0.2, -0.15) is 0 Å². The van der Waals surface area contributed by atoms with E-state index in [2.05, 4.69) is 9.97 Å². The molecule has 1 aromatic heterocycles. The SMILES string of the molecule is CC(=O)c1ncc(-c2cccc(F)c2)[nH]1. The average Bonchev–Trinajstić information content (AvgIpc) is 2.66. The molecule has 1 N–H and O–H groups in total. The summed E-state index contributed by atoms with van der Waals surface area (Å²) in [6.07, 6.45) is 1.52. The zero-order valence-electron chi connectivity index (χ0n) is 8.12. The van der Waals surface area contributed by atoms with E-state index < -0.39 is 0 Å². The van der Waals surface area contributed by atoms with Gasteiger partial charge in [-0.3, -0.25) is 4.79 Å². The molecule has 15 heavy (non-hydrogen) atoms. The number of benzene rings is 1. The summed E-state index contributed by atoms with van der Waals surface area (Å²) in [5, 5.41) is 0. The van der Waals surface area contributed by atoms with Crippen molar-refractivity contribution in [3.63, 3.8) is 0 Å². The van der Waals surface area contributed by atoms with Crippen molar-refractivity contribution in [3.05, 3.63) is 42.1 Å². The van der Waals surface area contributed by atoms with Gasteiger partial charge in [0.1, 0.15) is 5.82 Å². The summed E-state index contributed by atoms with van der Waals surface area (Å²) in [7, 11) is 0. The summed E-state index contributed by atoms with van der Waals surface area (Å²) in [4.78, 5) is 17.7. The Hall–Kier alpha value is -1.97. The minimum Gasteiger partial charge on any atom is -0.336 e. The van der Waals surface area contributed by atoms with Gasteiger partial charge < -0.3 is 4.98 Å². The number of hydrogen-bond acceptors (Lipinski definition) is 2. The molecular weight excluding hydrogens is 195 g/mol. The van der Waals surface area contributed by atoms with Gasteiger partial charge in [0, 0.05) is 12.5 Å². The Morgan fingerprint density at radius 3 is 2.87 bits per heavy atom. The molecule has 0 spiro atoms. The third kappa shape index (κ3) is 1.93. The van der Waals surface area contributed by atoms with Crippen LogP contribution < -0.4 is 0 Å². The van der Waals surface area contributed by atoms with Crippen LogP contribution in [0.2, 0.25) is 0 Å². The molecule has 76 valence electrons. The number of Topliss-reactive ketones (excluding diaryl/α,β-unsaturated/α-hetero) is 1. The summed E-state index contributed by atoms with van der Waals surface area (Å²) in [6, 6.07) is 6.11. The van der Waals surface area contributed by atoms with Crippen LogP contribution in [0.25, 0.3) is 11.3 Å². The first kappa shape index (κ1) is 9.58. The summed E-state index contributed by atoms with van der Waals surface area (Å²) in [6.45, 7) is 1.42. The maximum atomic E-state index is 12.9. The van der Waals surface area contributed by atoms with E-state index in [1.165, 1.54) is 25.3 Å². The van der Waals surface area contributed by atoms with Crippen molar-refractivity contribution in [2.45, 2.75) is 6.92 Å². The van der Waals surface area contributed by atoms with Gasteiger partial charge in [0.25, 0.3) is 0 Å². The lowest BCUT2D eigenvalue weighted by Crippen LogP contribution is -1.93. The van der Waals surface area contributed by atoms with Crippen LogP contribution in [0.1, 0.15) is 17.5 Å². The molecule has 2 rings (SSSR count). The largest absolute Gasteiger partial charge is 0.336 e. The quantitative estimate of drug-likeness (QED) is 0.763. The predicted molar refractivity (Wildman–Crippen MR) is 54.0 cm³/mol. The average molecular weight is 204 g/mol. The molecule has 1 heterocycles. The Morgan fingerprint density at radius 2 is 2.27 bits per heavy atom. The fraction of sp³-hybridized carbons (Fsp3) is 0.0909. The van der Waals surface area contributed by atoms with Crippen LogP contribution >= 0.6 is 0 Å². The van der Waals surface area contributed by atoms with E-state index in [1.54, 1.807) is 12.1 Å². The molecular formula is C11H9FN2O. The standard InChI is InChI=1S/C11H9FN2O/c1-7(15)11-13-6-10(14-11)8-3-2-4-9(12)5-8/h2-6H,1H3,(H,13,14). The van der Waals surface area contributed by atoms with Gasteiger partial charge in [-0.05, 0) is 12.1 Å². The number of nitrogens with zero attached hydrogens (tertiary/aromatic N) is 1. The van der Waals surface area contributed by atoms with Crippen LogP contribution in [0.5, 0.6) is 0 Å². The number of hydrogen-bond donors (Lipinski definition) is 1. The van der Waals surface area contributed by atoms with E-state index in [9.17, 15) is 9.18 Å². The maximum absolute atomic E-state index is 12.9. The normalized spacial score (nSPS) is 10.3. The van der Waals surface area contributed by atoms with Crippen molar-refractivity contribution in [2.75, 3.05) is 0 Å². The highest BCUT2D eigenvalue weighted by Crippen LogP contribution is 2.17. The number of halogens is 1. The van der Waals surface area contributed by atoms with Gasteiger partial charge in [-0.15, -0.1) is 0 Å². The molecule has 0 aliphatic heterocycles. The molecule has 0 saturated carbocycles. The van der Waals surface area contributed by atoms with Gasteiger partial charge in [0.15, 0.2) is 11.6 Å². The highest BCUT2D eigenvalue weighted by atomic mass is 19.1. The third-order valence-electron chi connectivity index (χ3n) is 2.04. The van der Waals surface area contributed by atoms with Crippen LogP contribution in [0.4, 0.5) is 4.39 Å². The van der Waals surface area contributed by atoms with Gasteiger partial charge >= 0.3 is 0 Å². The highest BCUT2D eigenvalue weighted by Gasteiger charge is 2.06. The van der Waals surface area contributed by atoms with Crippen molar-refractivity contribution in [2.24, 2.45) is 0 Å². The second-order valence-corrected chi connectivity index (χ2v) is 3.21. The van der Waals surface area contributed by atoms with E-state index in [0.717, 1.165) is 0 Å². The Kier molecular flexibility index (Phi) is 2.33. The van der Waals surface area contributed by atoms with E-state index >= 15 is 0 Å². The number of nitrogens with one attached hydrogen (secondary N) is 1. The number of carbonyl (C=O) groups excluding carboxylic acids is 1. The maximum Gasteiger partial charge on any atom is 0.194 e.